The molecule has 0 unspecified atom stereocenters. The molecule has 0 fully saturated rings. The number of hydrogen-bond acceptors (Lipinski definition) is 7. The summed E-state index contributed by atoms with van der Waals surface area (Å²) in [7, 11) is -2.55. The number of ether oxygens (including phenoxy) is 1. The molecule has 32 heavy (non-hydrogen) atoms. The first-order valence-corrected chi connectivity index (χ1v) is 12.2. The van der Waals surface area contributed by atoms with Crippen LogP contribution in [0.3, 0.4) is 0 Å². The highest BCUT2D eigenvalue weighted by molar-refractivity contribution is 7.92. The Labute approximate surface area is 190 Å². The van der Waals surface area contributed by atoms with Crippen LogP contribution in [0, 0.1) is 6.92 Å². The predicted octanol–water partition coefficient (Wildman–Crippen LogP) is 4.58. The Morgan fingerprint density at radius 2 is 1.81 bits per heavy atom. The van der Waals surface area contributed by atoms with Gasteiger partial charge in [0.25, 0.3) is 10.0 Å². The molecule has 4 rings (SSSR count). The second kappa shape index (κ2) is 7.79. The Bertz CT molecular complexity index is 1400. The predicted molar refractivity (Wildman–Crippen MR) is 125 cm³/mol. The van der Waals surface area contributed by atoms with Crippen molar-refractivity contribution in [3.63, 3.8) is 0 Å². The zero-order valence-corrected chi connectivity index (χ0v) is 20.0. The molecule has 0 bridgehead atoms. The number of phenolic OH excluding ortho intramolecular Hbond substituents is 1. The number of hydrogen-bond donors (Lipinski definition) is 2. The zero-order chi connectivity index (χ0) is 23.3. The van der Waals surface area contributed by atoms with Crippen LogP contribution in [0.15, 0.2) is 47.4 Å². The minimum atomic E-state index is -3.97. The van der Waals surface area contributed by atoms with Gasteiger partial charge in [0.15, 0.2) is 0 Å². The first kappa shape index (κ1) is 22.1. The van der Waals surface area contributed by atoms with Gasteiger partial charge in [-0.15, -0.1) is 0 Å². The third kappa shape index (κ3) is 4.03. The van der Waals surface area contributed by atoms with E-state index in [9.17, 15) is 13.5 Å². The smallest absolute Gasteiger partial charge is 0.265 e. The first-order chi connectivity index (χ1) is 15.0. The van der Waals surface area contributed by atoms with Crippen LogP contribution < -0.4 is 9.46 Å². The summed E-state index contributed by atoms with van der Waals surface area (Å²) >= 11 is 1.52. The van der Waals surface area contributed by atoms with Crippen LogP contribution in [-0.2, 0) is 15.4 Å². The molecule has 10 heteroatoms. The Morgan fingerprint density at radius 1 is 1.12 bits per heavy atom. The van der Waals surface area contributed by atoms with Crippen molar-refractivity contribution in [3.05, 3.63) is 53.2 Å². The molecule has 0 amide bonds. The number of phenols is 1. The van der Waals surface area contributed by atoms with Crippen LogP contribution in [0.4, 0.5) is 5.69 Å². The van der Waals surface area contributed by atoms with Crippen LogP contribution >= 0.6 is 11.3 Å². The van der Waals surface area contributed by atoms with Crippen LogP contribution in [0.2, 0.25) is 0 Å². The second-order valence-corrected chi connectivity index (χ2v) is 11.0. The molecule has 4 aromatic rings. The monoisotopic (exact) mass is 472 g/mol. The van der Waals surface area contributed by atoms with E-state index in [2.05, 4.69) is 30.5 Å². The number of aromatic nitrogens is 3. The highest BCUT2D eigenvalue weighted by atomic mass is 32.2. The number of anilines is 1. The van der Waals surface area contributed by atoms with Crippen molar-refractivity contribution in [1.29, 1.82) is 0 Å². The van der Waals surface area contributed by atoms with E-state index < -0.39 is 10.0 Å². The van der Waals surface area contributed by atoms with Gasteiger partial charge >= 0.3 is 0 Å². The van der Waals surface area contributed by atoms with Crippen LogP contribution in [0.5, 0.6) is 11.5 Å². The van der Waals surface area contributed by atoms with E-state index in [0.717, 1.165) is 21.4 Å². The Kier molecular flexibility index (Phi) is 5.38. The first-order valence-electron chi connectivity index (χ1n) is 9.86. The van der Waals surface area contributed by atoms with E-state index in [1.165, 1.54) is 42.7 Å². The van der Waals surface area contributed by atoms with Gasteiger partial charge in [-0.2, -0.15) is 5.10 Å². The van der Waals surface area contributed by atoms with Crippen molar-refractivity contribution in [3.8, 4) is 22.8 Å². The molecular formula is C22H24N4O4S2. The topological polar surface area (TPSA) is 106 Å². The molecule has 0 atom stereocenters. The number of sulfonamides is 1. The molecule has 0 aliphatic carbocycles. The number of imidazole rings is 1. The molecule has 0 saturated heterocycles. The van der Waals surface area contributed by atoms with Gasteiger partial charge in [-0.3, -0.25) is 4.72 Å². The minimum absolute atomic E-state index is 0.00815. The Hall–Kier alpha value is -3.11. The quantitative estimate of drug-likeness (QED) is 0.412. The van der Waals surface area contributed by atoms with E-state index >= 15 is 0 Å². The standard InChI is InChI=1S/C22H24N4O4S2/c1-13-19(26-21(23-13)31-20(24-26)22(2,3)4)14-6-11-17(30-5)18(12-14)32(28,29)25-15-7-9-16(27)10-8-15/h6-12,25,27H,1-5H3. The minimum Gasteiger partial charge on any atom is -0.508 e. The maximum Gasteiger partial charge on any atom is 0.265 e. The number of aryl methyl sites for hydroxylation is 1. The molecule has 2 N–H and O–H groups in total. The van der Waals surface area contributed by atoms with E-state index in [0.29, 0.717) is 11.3 Å². The zero-order valence-electron chi connectivity index (χ0n) is 18.4. The molecule has 2 aromatic heterocycles. The van der Waals surface area contributed by atoms with E-state index in [-0.39, 0.29) is 21.8 Å². The van der Waals surface area contributed by atoms with Gasteiger partial charge in [0.2, 0.25) is 4.96 Å². The summed E-state index contributed by atoms with van der Waals surface area (Å²) in [6, 6.07) is 10.8. The molecule has 0 spiro atoms. The number of methoxy groups -OCH3 is 1. The summed E-state index contributed by atoms with van der Waals surface area (Å²) in [4.78, 5) is 5.38. The average Bonchev–Trinajstić information content (AvgIpc) is 3.26. The molecular weight excluding hydrogens is 448 g/mol. The van der Waals surface area contributed by atoms with Crippen molar-refractivity contribution in [2.75, 3.05) is 11.8 Å². The maximum absolute atomic E-state index is 13.2. The molecule has 0 saturated carbocycles. The van der Waals surface area contributed by atoms with Gasteiger partial charge in [0.1, 0.15) is 21.4 Å². The third-order valence-corrected chi connectivity index (χ3v) is 7.60. The van der Waals surface area contributed by atoms with Gasteiger partial charge in [-0.05, 0) is 49.4 Å². The summed E-state index contributed by atoms with van der Waals surface area (Å²) in [5, 5.41) is 15.1. The number of nitrogens with one attached hydrogen (secondary N) is 1. The largest absolute Gasteiger partial charge is 0.508 e. The second-order valence-electron chi connectivity index (χ2n) is 8.42. The Morgan fingerprint density at radius 3 is 2.44 bits per heavy atom. The fourth-order valence-electron chi connectivity index (χ4n) is 3.26. The van der Waals surface area contributed by atoms with E-state index in [4.69, 9.17) is 9.84 Å². The molecule has 2 aromatic carbocycles. The lowest BCUT2D eigenvalue weighted by Gasteiger charge is -2.14. The molecule has 2 heterocycles. The molecule has 0 aliphatic rings. The summed E-state index contributed by atoms with van der Waals surface area (Å²) in [6.45, 7) is 8.14. The highest BCUT2D eigenvalue weighted by Crippen LogP contribution is 2.35. The van der Waals surface area contributed by atoms with E-state index in [1.54, 1.807) is 22.7 Å². The maximum atomic E-state index is 13.2. The Balaban J connectivity index is 1.83. The van der Waals surface area contributed by atoms with E-state index in [1.807, 2.05) is 6.92 Å². The van der Waals surface area contributed by atoms with Gasteiger partial charge in [-0.25, -0.2) is 17.9 Å². The van der Waals surface area contributed by atoms with Crippen molar-refractivity contribution in [2.24, 2.45) is 0 Å². The van der Waals surface area contributed by atoms with Gasteiger partial charge in [0.05, 0.1) is 18.5 Å². The fourth-order valence-corrected chi connectivity index (χ4v) is 5.51. The molecule has 168 valence electrons. The number of nitrogens with zero attached hydrogens (tertiary/aromatic N) is 3. The lowest BCUT2D eigenvalue weighted by Crippen LogP contribution is -2.14. The lowest BCUT2D eigenvalue weighted by atomic mass is 9.98. The summed E-state index contributed by atoms with van der Waals surface area (Å²) in [5.74, 6) is 0.262. The number of aromatic hydroxyl groups is 1. The lowest BCUT2D eigenvalue weighted by molar-refractivity contribution is 0.403. The number of rotatable bonds is 5. The summed E-state index contributed by atoms with van der Waals surface area (Å²) in [6.07, 6.45) is 0. The van der Waals surface area contributed by atoms with Gasteiger partial charge in [-0.1, -0.05) is 32.1 Å². The van der Waals surface area contributed by atoms with Crippen molar-refractivity contribution in [1.82, 2.24) is 14.6 Å². The number of benzene rings is 2. The molecule has 0 radical (unpaired) electrons. The summed E-state index contributed by atoms with van der Waals surface area (Å²) in [5.41, 5.74) is 2.35. The average molecular weight is 473 g/mol. The fraction of sp³-hybridized carbons (Fsp3) is 0.273. The summed E-state index contributed by atoms with van der Waals surface area (Å²) < 4.78 is 36.0. The molecule has 8 nitrogen and oxygen atoms in total. The molecule has 0 aliphatic heterocycles. The third-order valence-electron chi connectivity index (χ3n) is 4.87. The van der Waals surface area contributed by atoms with Crippen LogP contribution in [0.1, 0.15) is 31.5 Å². The van der Waals surface area contributed by atoms with Crippen molar-refractivity contribution >= 4 is 32.0 Å². The normalized spacial score (nSPS) is 12.3. The SMILES string of the molecule is COc1ccc(-c2c(C)nc3sc(C(C)(C)C)nn23)cc1S(=O)(=O)Nc1ccc(O)cc1. The highest BCUT2D eigenvalue weighted by Gasteiger charge is 2.25. The van der Waals surface area contributed by atoms with Crippen LogP contribution in [0.25, 0.3) is 16.2 Å². The van der Waals surface area contributed by atoms with Gasteiger partial charge < -0.3 is 9.84 Å². The number of fused-ring (bicyclic) bond motifs is 1. The van der Waals surface area contributed by atoms with Crippen LogP contribution in [-0.4, -0.2) is 35.2 Å². The van der Waals surface area contributed by atoms with Crippen molar-refractivity contribution < 1.29 is 18.3 Å². The van der Waals surface area contributed by atoms with Gasteiger partial charge in [0, 0.05) is 16.7 Å². The van der Waals surface area contributed by atoms with Crippen molar-refractivity contribution in [2.45, 2.75) is 38.0 Å².